The third kappa shape index (κ3) is 5.12. The van der Waals surface area contributed by atoms with Crippen LogP contribution in [0.3, 0.4) is 0 Å². The fraction of sp³-hybridized carbons (Fsp3) is 0. The highest BCUT2D eigenvalue weighted by atomic mass is 32.1. The molecular formula is C54H33N3S3. The molecule has 0 saturated heterocycles. The summed E-state index contributed by atoms with van der Waals surface area (Å²) in [6.07, 6.45) is 0. The Kier molecular flexibility index (Phi) is 7.52. The first-order valence-electron chi connectivity index (χ1n) is 20.2. The van der Waals surface area contributed by atoms with Crippen molar-refractivity contribution in [1.29, 1.82) is 0 Å². The molecule has 60 heavy (non-hydrogen) atoms. The lowest BCUT2D eigenvalue weighted by atomic mass is 10.1. The zero-order valence-corrected chi connectivity index (χ0v) is 34.6. The van der Waals surface area contributed by atoms with Crippen LogP contribution < -0.4 is 14.7 Å². The summed E-state index contributed by atoms with van der Waals surface area (Å²) in [6.45, 7) is 0. The molecule has 12 aromatic rings. The molecule has 0 radical (unpaired) electrons. The van der Waals surface area contributed by atoms with Crippen LogP contribution >= 0.6 is 34.0 Å². The highest BCUT2D eigenvalue weighted by Gasteiger charge is 2.28. The average molecular weight is 820 g/mol. The Morgan fingerprint density at radius 2 is 0.783 bits per heavy atom. The van der Waals surface area contributed by atoms with E-state index in [1.807, 2.05) is 34.0 Å². The molecule has 2 bridgehead atoms. The Bertz CT molecular complexity index is 3520. The average Bonchev–Trinajstić information content (AvgIpc) is 4.00. The van der Waals surface area contributed by atoms with Gasteiger partial charge in [-0.3, -0.25) is 0 Å². The lowest BCUT2D eigenvalue weighted by Crippen LogP contribution is -2.15. The van der Waals surface area contributed by atoms with Gasteiger partial charge in [-0.25, -0.2) is 0 Å². The lowest BCUT2D eigenvalue weighted by molar-refractivity contribution is 1.24. The molecule has 13 rings (SSSR count). The van der Waals surface area contributed by atoms with Gasteiger partial charge < -0.3 is 14.7 Å². The van der Waals surface area contributed by atoms with Gasteiger partial charge in [-0.2, -0.15) is 0 Å². The number of nitrogens with zero attached hydrogens (tertiary/aromatic N) is 3. The molecule has 3 aromatic heterocycles. The number of para-hydroxylation sites is 2. The van der Waals surface area contributed by atoms with Gasteiger partial charge in [-0.15, -0.1) is 34.0 Å². The summed E-state index contributed by atoms with van der Waals surface area (Å²) >= 11 is 5.59. The quantitative estimate of drug-likeness (QED) is 0.171. The summed E-state index contributed by atoms with van der Waals surface area (Å²) in [5, 5.41) is 7.63. The fourth-order valence-electron chi connectivity index (χ4n) is 9.40. The maximum absolute atomic E-state index is 2.51. The standard InChI is InChI=1S/C54H33N3S3/c1-3-14-34(15-4-1)55-37-30-38(56(35-16-5-2-6-17-35)45-22-13-27-51-54(45)53-44(55)21-12-26-50(53)60-51)32-39(31-37)57(36-28-29-48-42(33-36)40-18-7-9-23-46(40)58-48)43-20-11-25-49-52(43)41-19-8-10-24-47(41)59-49/h1-33H. The van der Waals surface area contributed by atoms with Gasteiger partial charge in [0.25, 0.3) is 0 Å². The van der Waals surface area contributed by atoms with E-state index in [0.717, 1.165) is 39.8 Å². The number of anilines is 9. The van der Waals surface area contributed by atoms with Crippen molar-refractivity contribution >= 4 is 146 Å². The van der Waals surface area contributed by atoms with Gasteiger partial charge in [0, 0.05) is 77.6 Å². The van der Waals surface area contributed by atoms with Crippen LogP contribution in [0.1, 0.15) is 0 Å². The van der Waals surface area contributed by atoms with Gasteiger partial charge >= 0.3 is 0 Å². The Hall–Kier alpha value is -6.96. The molecule has 0 fully saturated rings. The first kappa shape index (κ1) is 34.0. The molecule has 0 N–H and O–H groups in total. The number of rotatable bonds is 5. The number of thiophene rings is 3. The normalized spacial score (nSPS) is 12.6. The van der Waals surface area contributed by atoms with E-state index < -0.39 is 0 Å². The van der Waals surface area contributed by atoms with Crippen LogP contribution in [0.5, 0.6) is 0 Å². The minimum absolute atomic E-state index is 1.08. The molecule has 0 spiro atoms. The summed E-state index contributed by atoms with van der Waals surface area (Å²) in [5.74, 6) is 0. The third-order valence-electron chi connectivity index (χ3n) is 11.9. The maximum Gasteiger partial charge on any atom is 0.0555 e. The van der Waals surface area contributed by atoms with E-state index in [2.05, 4.69) is 215 Å². The summed E-state index contributed by atoms with van der Waals surface area (Å²) in [6, 6.07) is 74.0. The smallest absolute Gasteiger partial charge is 0.0555 e. The van der Waals surface area contributed by atoms with E-state index in [9.17, 15) is 0 Å². The van der Waals surface area contributed by atoms with Crippen LogP contribution in [0.25, 0.3) is 60.5 Å². The van der Waals surface area contributed by atoms with Crippen LogP contribution in [0, 0.1) is 0 Å². The topological polar surface area (TPSA) is 9.72 Å². The molecule has 0 aliphatic carbocycles. The van der Waals surface area contributed by atoms with Gasteiger partial charge in [0.05, 0.1) is 34.1 Å². The zero-order chi connectivity index (χ0) is 39.3. The molecular weight excluding hydrogens is 787 g/mol. The van der Waals surface area contributed by atoms with Crippen molar-refractivity contribution in [1.82, 2.24) is 0 Å². The van der Waals surface area contributed by atoms with E-state index in [-0.39, 0.29) is 0 Å². The van der Waals surface area contributed by atoms with Crippen LogP contribution in [0.15, 0.2) is 200 Å². The van der Waals surface area contributed by atoms with E-state index in [4.69, 9.17) is 0 Å². The molecule has 3 nitrogen and oxygen atoms in total. The SMILES string of the molecule is c1ccc(N2c3cc(N(c4ccc5sc6ccccc6c5c4)c4cccc5sc6ccccc6c45)cc(c3)N(c3ccccc3)c3cccc4sc5cccc2c5c34)cc1. The highest BCUT2D eigenvalue weighted by molar-refractivity contribution is 7.26. The molecule has 1 aliphatic heterocycles. The van der Waals surface area contributed by atoms with E-state index in [0.29, 0.717) is 0 Å². The van der Waals surface area contributed by atoms with Gasteiger partial charge in [0.1, 0.15) is 0 Å². The van der Waals surface area contributed by atoms with Crippen molar-refractivity contribution in [2.24, 2.45) is 0 Å². The van der Waals surface area contributed by atoms with Crippen molar-refractivity contribution in [2.75, 3.05) is 14.7 Å². The monoisotopic (exact) mass is 819 g/mol. The highest BCUT2D eigenvalue weighted by Crippen LogP contribution is 2.54. The molecule has 0 amide bonds. The van der Waals surface area contributed by atoms with Crippen molar-refractivity contribution in [2.45, 2.75) is 0 Å². The minimum Gasteiger partial charge on any atom is -0.310 e. The maximum atomic E-state index is 2.51. The fourth-order valence-corrected chi connectivity index (χ4v) is 12.8. The zero-order valence-electron chi connectivity index (χ0n) is 32.1. The summed E-state index contributed by atoms with van der Waals surface area (Å²) in [4.78, 5) is 7.46. The van der Waals surface area contributed by atoms with Crippen molar-refractivity contribution < 1.29 is 0 Å². The number of hydrogen-bond donors (Lipinski definition) is 0. The molecule has 0 atom stereocenters. The van der Waals surface area contributed by atoms with Crippen molar-refractivity contribution in [3.05, 3.63) is 200 Å². The molecule has 0 unspecified atom stereocenters. The Balaban J connectivity index is 1.17. The van der Waals surface area contributed by atoms with E-state index in [1.165, 1.54) is 71.9 Å². The summed E-state index contributed by atoms with van der Waals surface area (Å²) < 4.78 is 7.70. The van der Waals surface area contributed by atoms with Crippen LogP contribution in [-0.4, -0.2) is 0 Å². The van der Waals surface area contributed by atoms with Crippen molar-refractivity contribution in [3.8, 4) is 0 Å². The molecule has 0 saturated carbocycles. The second-order valence-corrected chi connectivity index (χ2v) is 18.6. The Labute approximate surface area is 358 Å². The predicted molar refractivity (Wildman–Crippen MR) is 263 cm³/mol. The largest absolute Gasteiger partial charge is 0.310 e. The first-order chi connectivity index (χ1) is 29.7. The molecule has 282 valence electrons. The van der Waals surface area contributed by atoms with E-state index >= 15 is 0 Å². The van der Waals surface area contributed by atoms with Crippen LogP contribution in [0.2, 0.25) is 0 Å². The Morgan fingerprint density at radius 1 is 0.300 bits per heavy atom. The van der Waals surface area contributed by atoms with E-state index in [1.54, 1.807) is 0 Å². The lowest BCUT2D eigenvalue weighted by Gasteiger charge is -2.32. The van der Waals surface area contributed by atoms with Gasteiger partial charge in [-0.1, -0.05) is 91.0 Å². The molecule has 4 heterocycles. The molecule has 1 aliphatic rings. The predicted octanol–water partition coefficient (Wildman–Crippen LogP) is 17.5. The second kappa shape index (κ2) is 13.3. The first-order valence-corrected chi connectivity index (χ1v) is 22.6. The second-order valence-electron chi connectivity index (χ2n) is 15.3. The van der Waals surface area contributed by atoms with Crippen LogP contribution in [-0.2, 0) is 0 Å². The van der Waals surface area contributed by atoms with Gasteiger partial charge in [-0.05, 0) is 109 Å². The molecule has 6 heteroatoms. The third-order valence-corrected chi connectivity index (χ3v) is 15.3. The van der Waals surface area contributed by atoms with Gasteiger partial charge in [0.15, 0.2) is 0 Å². The van der Waals surface area contributed by atoms with Crippen LogP contribution in [0.4, 0.5) is 51.2 Å². The molecule has 9 aromatic carbocycles. The number of fused-ring (bicyclic) bond motifs is 8. The number of benzene rings is 9. The Morgan fingerprint density at radius 3 is 1.43 bits per heavy atom. The minimum atomic E-state index is 1.08. The summed E-state index contributed by atoms with van der Waals surface area (Å²) in [5.41, 5.74) is 10.1. The summed E-state index contributed by atoms with van der Waals surface area (Å²) in [7, 11) is 0. The van der Waals surface area contributed by atoms with Crippen molar-refractivity contribution in [3.63, 3.8) is 0 Å². The van der Waals surface area contributed by atoms with Gasteiger partial charge in [0.2, 0.25) is 0 Å². The number of hydrogen-bond acceptors (Lipinski definition) is 6.